The number of amides is 1. The molecule has 0 aromatic heterocycles. The lowest BCUT2D eigenvalue weighted by atomic mass is 10.0. The molecule has 0 atom stereocenters. The molecule has 5 nitrogen and oxygen atoms in total. The maximum atomic E-state index is 13.1. The molecule has 0 aliphatic carbocycles. The van der Waals surface area contributed by atoms with E-state index in [1.54, 1.807) is 31.7 Å². The van der Waals surface area contributed by atoms with Crippen LogP contribution in [0.15, 0.2) is 18.2 Å². The molecule has 1 fully saturated rings. The van der Waals surface area contributed by atoms with Crippen molar-refractivity contribution in [1.29, 1.82) is 5.26 Å². The van der Waals surface area contributed by atoms with Crippen LogP contribution in [-0.2, 0) is 10.9 Å². The third kappa shape index (κ3) is 4.56. The first-order chi connectivity index (χ1) is 11.5. The van der Waals surface area contributed by atoms with Gasteiger partial charge in [-0.3, -0.25) is 0 Å². The number of hydrogen-bond donors (Lipinski definition) is 0. The van der Waals surface area contributed by atoms with Crippen molar-refractivity contribution in [1.82, 2.24) is 4.90 Å². The lowest BCUT2D eigenvalue weighted by Crippen LogP contribution is -2.50. The summed E-state index contributed by atoms with van der Waals surface area (Å²) in [6.45, 7) is 6.59. The molecule has 1 aromatic carbocycles. The second-order valence-electron chi connectivity index (χ2n) is 6.76. The Kier molecular flexibility index (Phi) is 5.16. The van der Waals surface area contributed by atoms with E-state index in [4.69, 9.17) is 4.74 Å². The SMILES string of the molecule is CC(C)(C)OC(=O)N1CCN(c2cccc(C(F)(F)F)c2C#N)CC1. The predicted octanol–water partition coefficient (Wildman–Crippen LogP) is 3.63. The molecule has 0 N–H and O–H groups in total. The third-order valence-corrected chi connectivity index (χ3v) is 3.73. The van der Waals surface area contributed by atoms with Crippen LogP contribution in [0.5, 0.6) is 0 Å². The molecule has 136 valence electrons. The second kappa shape index (κ2) is 6.82. The van der Waals surface area contributed by atoms with Crippen molar-refractivity contribution >= 4 is 11.8 Å². The smallest absolute Gasteiger partial charge is 0.417 e. The van der Waals surface area contributed by atoms with Gasteiger partial charge in [0.25, 0.3) is 0 Å². The minimum absolute atomic E-state index is 0.237. The van der Waals surface area contributed by atoms with Gasteiger partial charge in [-0.2, -0.15) is 18.4 Å². The van der Waals surface area contributed by atoms with Crippen molar-refractivity contribution < 1.29 is 22.7 Å². The first kappa shape index (κ1) is 18.9. The highest BCUT2D eigenvalue weighted by Gasteiger charge is 2.35. The highest BCUT2D eigenvalue weighted by atomic mass is 19.4. The summed E-state index contributed by atoms with van der Waals surface area (Å²) in [5.41, 5.74) is -1.70. The minimum Gasteiger partial charge on any atom is -0.444 e. The molecule has 8 heteroatoms. The van der Waals surface area contributed by atoms with Gasteiger partial charge < -0.3 is 14.5 Å². The van der Waals surface area contributed by atoms with Crippen LogP contribution in [0.4, 0.5) is 23.7 Å². The minimum atomic E-state index is -4.58. The molecule has 1 aromatic rings. The van der Waals surface area contributed by atoms with E-state index in [2.05, 4.69) is 0 Å². The molecule has 1 aliphatic heterocycles. The van der Waals surface area contributed by atoms with Gasteiger partial charge in [0.1, 0.15) is 11.7 Å². The van der Waals surface area contributed by atoms with Crippen LogP contribution in [0.25, 0.3) is 0 Å². The van der Waals surface area contributed by atoms with Crippen LogP contribution in [-0.4, -0.2) is 42.8 Å². The summed E-state index contributed by atoms with van der Waals surface area (Å²) in [7, 11) is 0. The summed E-state index contributed by atoms with van der Waals surface area (Å²) in [5.74, 6) is 0. The van der Waals surface area contributed by atoms with Crippen molar-refractivity contribution in [3.8, 4) is 6.07 Å². The largest absolute Gasteiger partial charge is 0.444 e. The Hall–Kier alpha value is -2.43. The van der Waals surface area contributed by atoms with Gasteiger partial charge in [-0.05, 0) is 32.9 Å². The van der Waals surface area contributed by atoms with Gasteiger partial charge in [0.15, 0.2) is 0 Å². The molecule has 1 amide bonds. The van der Waals surface area contributed by atoms with Crippen LogP contribution >= 0.6 is 0 Å². The lowest BCUT2D eigenvalue weighted by molar-refractivity contribution is -0.137. The summed E-state index contributed by atoms with van der Waals surface area (Å²) >= 11 is 0. The van der Waals surface area contributed by atoms with E-state index in [1.165, 1.54) is 17.0 Å². The normalized spacial score (nSPS) is 15.7. The number of rotatable bonds is 1. The van der Waals surface area contributed by atoms with E-state index in [9.17, 15) is 23.2 Å². The van der Waals surface area contributed by atoms with E-state index < -0.39 is 23.4 Å². The zero-order chi connectivity index (χ0) is 18.8. The van der Waals surface area contributed by atoms with Crippen LogP contribution in [0.3, 0.4) is 0 Å². The van der Waals surface area contributed by atoms with Crippen molar-refractivity contribution in [3.63, 3.8) is 0 Å². The Bertz CT molecular complexity index is 682. The quantitative estimate of drug-likeness (QED) is 0.772. The average Bonchev–Trinajstić information content (AvgIpc) is 2.51. The van der Waals surface area contributed by atoms with Crippen molar-refractivity contribution in [2.45, 2.75) is 32.5 Å². The summed E-state index contributed by atoms with van der Waals surface area (Å²) in [6, 6.07) is 5.36. The van der Waals surface area contributed by atoms with Gasteiger partial charge in [0.2, 0.25) is 0 Å². The Morgan fingerprint density at radius 1 is 1.16 bits per heavy atom. The maximum absolute atomic E-state index is 13.1. The van der Waals surface area contributed by atoms with Crippen molar-refractivity contribution in [2.75, 3.05) is 31.1 Å². The number of ether oxygens (including phenoxy) is 1. The molecule has 1 saturated heterocycles. The van der Waals surface area contributed by atoms with Gasteiger partial charge >= 0.3 is 12.3 Å². The fourth-order valence-corrected chi connectivity index (χ4v) is 2.61. The van der Waals surface area contributed by atoms with Crippen LogP contribution in [0, 0.1) is 11.3 Å². The molecule has 1 heterocycles. The maximum Gasteiger partial charge on any atom is 0.417 e. The second-order valence-corrected chi connectivity index (χ2v) is 6.76. The molecule has 2 rings (SSSR count). The van der Waals surface area contributed by atoms with Crippen LogP contribution in [0.2, 0.25) is 0 Å². The number of alkyl halides is 3. The van der Waals surface area contributed by atoms with Gasteiger partial charge in [0, 0.05) is 26.2 Å². The van der Waals surface area contributed by atoms with E-state index >= 15 is 0 Å². The number of nitrogens with zero attached hydrogens (tertiary/aromatic N) is 3. The van der Waals surface area contributed by atoms with Crippen molar-refractivity contribution in [3.05, 3.63) is 29.3 Å². The molecule has 0 unspecified atom stereocenters. The van der Waals surface area contributed by atoms with Crippen LogP contribution in [0.1, 0.15) is 31.9 Å². The summed E-state index contributed by atoms with van der Waals surface area (Å²) in [5, 5.41) is 9.20. The highest BCUT2D eigenvalue weighted by Crippen LogP contribution is 2.36. The number of nitriles is 1. The Labute approximate surface area is 144 Å². The van der Waals surface area contributed by atoms with E-state index in [0.717, 1.165) is 6.07 Å². The Morgan fingerprint density at radius 3 is 2.24 bits per heavy atom. The summed E-state index contributed by atoms with van der Waals surface area (Å²) in [4.78, 5) is 15.3. The molecular formula is C17H20F3N3O2. The molecule has 25 heavy (non-hydrogen) atoms. The number of halogens is 3. The van der Waals surface area contributed by atoms with E-state index in [0.29, 0.717) is 26.2 Å². The number of benzene rings is 1. The third-order valence-electron chi connectivity index (χ3n) is 3.73. The van der Waals surface area contributed by atoms with E-state index in [-0.39, 0.29) is 11.3 Å². The zero-order valence-electron chi connectivity index (χ0n) is 14.4. The first-order valence-electron chi connectivity index (χ1n) is 7.86. The molecule has 1 aliphatic rings. The van der Waals surface area contributed by atoms with Crippen molar-refractivity contribution in [2.24, 2.45) is 0 Å². The number of anilines is 1. The summed E-state index contributed by atoms with van der Waals surface area (Å²) < 4.78 is 44.5. The number of piperazine rings is 1. The van der Waals surface area contributed by atoms with Gasteiger partial charge in [-0.1, -0.05) is 6.07 Å². The van der Waals surface area contributed by atoms with E-state index in [1.807, 2.05) is 0 Å². The Balaban J connectivity index is 2.14. The molecule has 0 saturated carbocycles. The fraction of sp³-hybridized carbons (Fsp3) is 0.529. The molecule has 0 radical (unpaired) electrons. The highest BCUT2D eigenvalue weighted by molar-refractivity contribution is 5.69. The Morgan fingerprint density at radius 2 is 1.76 bits per heavy atom. The molecule has 0 spiro atoms. The molecular weight excluding hydrogens is 335 g/mol. The summed E-state index contributed by atoms with van der Waals surface area (Å²) in [6.07, 6.45) is -5.03. The topological polar surface area (TPSA) is 56.6 Å². The number of carbonyl (C=O) groups excluding carboxylic acids is 1. The number of carbonyl (C=O) groups is 1. The van der Waals surface area contributed by atoms with Gasteiger partial charge in [-0.25, -0.2) is 4.79 Å². The standard InChI is InChI=1S/C17H20F3N3O2/c1-16(2,3)25-15(24)23-9-7-22(8-10-23)14-6-4-5-13(12(14)11-21)17(18,19)20/h4-6H,7-10H2,1-3H3. The number of hydrogen-bond acceptors (Lipinski definition) is 4. The lowest BCUT2D eigenvalue weighted by Gasteiger charge is -2.37. The predicted molar refractivity (Wildman–Crippen MR) is 86.2 cm³/mol. The monoisotopic (exact) mass is 355 g/mol. The first-order valence-corrected chi connectivity index (χ1v) is 7.86. The zero-order valence-corrected chi connectivity index (χ0v) is 14.4. The fourth-order valence-electron chi connectivity index (χ4n) is 2.61. The average molecular weight is 355 g/mol. The molecule has 0 bridgehead atoms. The van der Waals surface area contributed by atoms with Crippen LogP contribution < -0.4 is 4.90 Å². The van der Waals surface area contributed by atoms with Gasteiger partial charge in [0.05, 0.1) is 16.8 Å². The van der Waals surface area contributed by atoms with Gasteiger partial charge in [-0.15, -0.1) is 0 Å².